The number of primary sulfonamides is 1. The number of anilines is 1. The average Bonchev–Trinajstić information content (AvgIpc) is 3.07. The van der Waals surface area contributed by atoms with E-state index in [0.717, 1.165) is 43.2 Å². The zero-order chi connectivity index (χ0) is 26.0. The molecule has 2 aromatic carbocycles. The first-order valence-electron chi connectivity index (χ1n) is 12.9. The van der Waals surface area contributed by atoms with Gasteiger partial charge in [-0.25, -0.2) is 13.6 Å². The summed E-state index contributed by atoms with van der Waals surface area (Å²) in [5.41, 5.74) is 4.48. The highest BCUT2D eigenvalue weighted by Crippen LogP contribution is 2.36. The van der Waals surface area contributed by atoms with Gasteiger partial charge in [-0.05, 0) is 106 Å². The molecule has 2 aliphatic heterocycles. The molecule has 1 aromatic heterocycles. The number of thioether (sulfide) groups is 1. The third-order valence-corrected chi connectivity index (χ3v) is 9.29. The minimum atomic E-state index is -3.69. The number of nitrogens with two attached hydrogens (primary N) is 1. The molecule has 37 heavy (non-hydrogen) atoms. The largest absolute Gasteiger partial charge is 0.374 e. The maximum absolute atomic E-state index is 11.4. The molecule has 2 aliphatic rings. The quantitative estimate of drug-likeness (QED) is 0.412. The van der Waals surface area contributed by atoms with Crippen LogP contribution in [0.5, 0.6) is 0 Å². The molecule has 1 unspecified atom stereocenters. The number of aromatic nitrogens is 1. The number of sulfonamides is 1. The van der Waals surface area contributed by atoms with Crippen LogP contribution >= 0.6 is 11.8 Å². The monoisotopic (exact) mass is 537 g/mol. The van der Waals surface area contributed by atoms with Crippen molar-refractivity contribution in [2.75, 3.05) is 37.8 Å². The number of nitrogens with one attached hydrogen (secondary N) is 2. The van der Waals surface area contributed by atoms with Crippen LogP contribution in [0.15, 0.2) is 52.3 Å². The van der Waals surface area contributed by atoms with Gasteiger partial charge in [0.25, 0.3) is 0 Å². The fourth-order valence-corrected chi connectivity index (χ4v) is 6.76. The lowest BCUT2D eigenvalue weighted by Gasteiger charge is -2.32. The fraction of sp³-hybridized carbons (Fsp3) is 0.429. The molecule has 3 aromatic rings. The van der Waals surface area contributed by atoms with Gasteiger partial charge in [-0.1, -0.05) is 5.92 Å². The molecule has 0 radical (unpaired) electrons. The molecule has 1 atom stereocenters. The molecule has 1 fully saturated rings. The lowest BCUT2D eigenvalue weighted by molar-refractivity contribution is 0.226. The average molecular weight is 538 g/mol. The van der Waals surface area contributed by atoms with Crippen molar-refractivity contribution in [2.24, 2.45) is 5.14 Å². The fourth-order valence-electron chi connectivity index (χ4n) is 5.17. The Hall–Kier alpha value is -2.48. The summed E-state index contributed by atoms with van der Waals surface area (Å²) in [4.78, 5) is 3.86. The summed E-state index contributed by atoms with van der Waals surface area (Å²) in [7, 11) is -1.48. The number of likely N-dealkylation sites (tertiary alicyclic amines) is 1. The Bertz CT molecular complexity index is 1430. The second-order valence-corrected chi connectivity index (χ2v) is 12.7. The van der Waals surface area contributed by atoms with Crippen LogP contribution in [0.3, 0.4) is 0 Å². The third-order valence-electron chi connectivity index (χ3n) is 7.25. The van der Waals surface area contributed by atoms with E-state index < -0.39 is 10.0 Å². The second kappa shape index (κ2) is 11.1. The molecule has 4 N–H and O–H groups in total. The van der Waals surface area contributed by atoms with E-state index in [1.165, 1.54) is 46.3 Å². The van der Waals surface area contributed by atoms with Gasteiger partial charge in [-0.3, -0.25) is 0 Å². The number of hydrogen-bond donors (Lipinski definition) is 3. The normalized spacial score (nSPS) is 17.7. The summed E-state index contributed by atoms with van der Waals surface area (Å²) in [5, 5.41) is 13.5. The van der Waals surface area contributed by atoms with Gasteiger partial charge in [-0.15, -0.1) is 11.8 Å². The van der Waals surface area contributed by atoms with Gasteiger partial charge in [0.15, 0.2) is 0 Å². The van der Waals surface area contributed by atoms with Crippen LogP contribution in [0.1, 0.15) is 43.5 Å². The lowest BCUT2D eigenvalue weighted by Crippen LogP contribution is -2.41. The molecule has 5 rings (SSSR count). The summed E-state index contributed by atoms with van der Waals surface area (Å²) in [6.07, 6.45) is 3.52. The first-order chi connectivity index (χ1) is 17.8. The highest BCUT2D eigenvalue weighted by Gasteiger charge is 2.21. The second-order valence-electron chi connectivity index (χ2n) is 10.0. The topological polar surface area (TPSA) is 92.4 Å². The maximum atomic E-state index is 11.4. The third kappa shape index (κ3) is 6.16. The van der Waals surface area contributed by atoms with Crippen LogP contribution < -0.4 is 15.8 Å². The summed E-state index contributed by atoms with van der Waals surface area (Å²) < 4.78 is 25.2. The highest BCUT2D eigenvalue weighted by atomic mass is 32.2. The van der Waals surface area contributed by atoms with Crippen molar-refractivity contribution in [3.05, 3.63) is 53.7 Å². The van der Waals surface area contributed by atoms with Crippen molar-refractivity contribution in [1.29, 1.82) is 0 Å². The SMILES string of the molecule is CC(NC1CCN(C)CC1)c1cc2c3c(c1)cc(C#CCNc1ccc(S(N)(=O)=O)cc1)n3CCCS2. The summed E-state index contributed by atoms with van der Waals surface area (Å²) >= 11 is 1.95. The zero-order valence-corrected chi connectivity index (χ0v) is 23.1. The minimum absolute atomic E-state index is 0.100. The Morgan fingerprint density at radius 1 is 1.14 bits per heavy atom. The van der Waals surface area contributed by atoms with Crippen molar-refractivity contribution in [2.45, 2.75) is 54.6 Å². The van der Waals surface area contributed by atoms with E-state index in [4.69, 9.17) is 5.14 Å². The number of benzene rings is 2. The molecule has 7 nitrogen and oxygen atoms in total. The van der Waals surface area contributed by atoms with Crippen LogP contribution in [0, 0.1) is 11.8 Å². The van der Waals surface area contributed by atoms with E-state index >= 15 is 0 Å². The molecular weight excluding hydrogens is 502 g/mol. The van der Waals surface area contributed by atoms with Gasteiger partial charge in [0.05, 0.1) is 22.7 Å². The van der Waals surface area contributed by atoms with Gasteiger partial charge in [0.2, 0.25) is 10.0 Å². The van der Waals surface area contributed by atoms with E-state index in [0.29, 0.717) is 18.6 Å². The molecule has 3 heterocycles. The molecule has 0 aliphatic carbocycles. The van der Waals surface area contributed by atoms with Crippen LogP contribution in [0.25, 0.3) is 10.9 Å². The van der Waals surface area contributed by atoms with E-state index in [2.05, 4.69) is 64.1 Å². The number of nitrogens with zero attached hydrogens (tertiary/aromatic N) is 2. The van der Waals surface area contributed by atoms with Crippen molar-refractivity contribution in [3.8, 4) is 11.8 Å². The van der Waals surface area contributed by atoms with Crippen LogP contribution in [0.4, 0.5) is 5.69 Å². The first-order valence-corrected chi connectivity index (χ1v) is 15.4. The van der Waals surface area contributed by atoms with Gasteiger partial charge >= 0.3 is 0 Å². The maximum Gasteiger partial charge on any atom is 0.238 e. The van der Waals surface area contributed by atoms with E-state index in [-0.39, 0.29) is 4.90 Å². The smallest absolute Gasteiger partial charge is 0.238 e. The minimum Gasteiger partial charge on any atom is -0.374 e. The molecule has 1 saturated heterocycles. The van der Waals surface area contributed by atoms with Gasteiger partial charge in [-0.2, -0.15) is 0 Å². The molecule has 0 amide bonds. The molecule has 0 spiro atoms. The number of hydrogen-bond acceptors (Lipinski definition) is 6. The summed E-state index contributed by atoms with van der Waals surface area (Å²) in [5.74, 6) is 7.72. The van der Waals surface area contributed by atoms with Gasteiger partial charge in [0, 0.05) is 34.6 Å². The summed E-state index contributed by atoms with van der Waals surface area (Å²) in [6, 6.07) is 14.2. The van der Waals surface area contributed by atoms with E-state index in [1.54, 1.807) is 12.1 Å². The Labute approximate surface area is 224 Å². The van der Waals surface area contributed by atoms with Crippen molar-refractivity contribution in [1.82, 2.24) is 14.8 Å². The highest BCUT2D eigenvalue weighted by molar-refractivity contribution is 7.99. The number of piperidine rings is 1. The molecular formula is C28H35N5O2S2. The molecule has 0 saturated carbocycles. The van der Waals surface area contributed by atoms with E-state index in [9.17, 15) is 8.42 Å². The number of aryl methyl sites for hydroxylation is 1. The Morgan fingerprint density at radius 2 is 1.89 bits per heavy atom. The Kier molecular flexibility index (Phi) is 7.84. The summed E-state index contributed by atoms with van der Waals surface area (Å²) in [6.45, 7) is 6.03. The molecule has 196 valence electrons. The first kappa shape index (κ1) is 26.1. The van der Waals surface area contributed by atoms with Crippen LogP contribution in [0.2, 0.25) is 0 Å². The number of rotatable bonds is 6. The van der Waals surface area contributed by atoms with Gasteiger partial charge in [0.1, 0.15) is 0 Å². The molecule has 0 bridgehead atoms. The van der Waals surface area contributed by atoms with Gasteiger partial charge < -0.3 is 20.1 Å². The lowest BCUT2D eigenvalue weighted by atomic mass is 10.0. The Balaban J connectivity index is 1.33. The predicted molar refractivity (Wildman–Crippen MR) is 153 cm³/mol. The van der Waals surface area contributed by atoms with Crippen molar-refractivity contribution >= 4 is 38.4 Å². The van der Waals surface area contributed by atoms with Crippen LogP contribution in [-0.4, -0.2) is 56.4 Å². The Morgan fingerprint density at radius 3 is 2.62 bits per heavy atom. The molecule has 9 heteroatoms. The van der Waals surface area contributed by atoms with Crippen molar-refractivity contribution < 1.29 is 8.42 Å². The van der Waals surface area contributed by atoms with Crippen LogP contribution in [-0.2, 0) is 16.6 Å². The predicted octanol–water partition coefficient (Wildman–Crippen LogP) is 3.99. The standard InChI is InChI=1S/C28H35N5O2S2/c1-20(31-24-10-14-32(2)15-11-24)21-17-22-18-25(33-13-4-16-36-27(19-21)28(22)33)5-3-12-30-23-6-8-26(9-7-23)37(29,34)35/h6-9,17-20,24,30-31H,4,10-16H2,1-2H3,(H2,29,34,35). The zero-order valence-electron chi connectivity index (χ0n) is 21.5. The van der Waals surface area contributed by atoms with Crippen molar-refractivity contribution in [3.63, 3.8) is 0 Å². The van der Waals surface area contributed by atoms with E-state index in [1.807, 2.05) is 11.8 Å².